The van der Waals surface area contributed by atoms with E-state index in [9.17, 15) is 0 Å². The summed E-state index contributed by atoms with van der Waals surface area (Å²) in [6.45, 7) is 14.6. The maximum atomic E-state index is 5.67. The molecule has 84 valence electrons. The molecule has 0 saturated carbocycles. The fourth-order valence-corrected chi connectivity index (χ4v) is 1.92. The monoisotopic (exact) mass is 232 g/mol. The molecule has 4 heteroatoms. The van der Waals surface area contributed by atoms with E-state index in [0.29, 0.717) is 0 Å². The van der Waals surface area contributed by atoms with E-state index in [4.69, 9.17) is 8.85 Å². The van der Waals surface area contributed by atoms with E-state index in [1.54, 1.807) is 0 Å². The molecule has 0 rings (SSSR count). The molecule has 0 heterocycles. The van der Waals surface area contributed by atoms with Crippen molar-refractivity contribution < 1.29 is 8.85 Å². The lowest BCUT2D eigenvalue weighted by molar-refractivity contribution is 0.344. The SMILES string of the molecule is C[Si](C)(C)OCC=CCO[Si](C)(C)C. The zero-order chi connectivity index (χ0) is 11.2. The van der Waals surface area contributed by atoms with Gasteiger partial charge in [0.25, 0.3) is 0 Å². The molecule has 0 aliphatic heterocycles. The molecule has 0 spiro atoms. The van der Waals surface area contributed by atoms with Gasteiger partial charge in [0.2, 0.25) is 0 Å². The first-order valence-corrected chi connectivity index (χ1v) is 12.0. The van der Waals surface area contributed by atoms with Crippen molar-refractivity contribution in [3.63, 3.8) is 0 Å². The topological polar surface area (TPSA) is 18.5 Å². The third-order valence-electron chi connectivity index (χ3n) is 1.39. The quantitative estimate of drug-likeness (QED) is 0.517. The van der Waals surface area contributed by atoms with Crippen molar-refractivity contribution in [3.8, 4) is 0 Å². The molecule has 0 fully saturated rings. The molecule has 0 aromatic rings. The van der Waals surface area contributed by atoms with Gasteiger partial charge in [-0.1, -0.05) is 12.2 Å². The highest BCUT2D eigenvalue weighted by molar-refractivity contribution is 6.70. The molecule has 0 atom stereocenters. The van der Waals surface area contributed by atoms with Crippen LogP contribution in [0.4, 0.5) is 0 Å². The van der Waals surface area contributed by atoms with Gasteiger partial charge in [0.15, 0.2) is 16.6 Å². The number of rotatable bonds is 6. The Labute approximate surface area is 90.6 Å². The van der Waals surface area contributed by atoms with Gasteiger partial charge in [-0.2, -0.15) is 0 Å². The van der Waals surface area contributed by atoms with Gasteiger partial charge in [0.05, 0.1) is 13.2 Å². The lowest BCUT2D eigenvalue weighted by Crippen LogP contribution is -2.26. The predicted molar refractivity (Wildman–Crippen MR) is 67.7 cm³/mol. The second-order valence-electron chi connectivity index (χ2n) is 5.32. The van der Waals surface area contributed by atoms with Crippen LogP contribution in [0.2, 0.25) is 39.3 Å². The Morgan fingerprint density at radius 2 is 1.00 bits per heavy atom. The van der Waals surface area contributed by atoms with Crippen molar-refractivity contribution in [1.82, 2.24) is 0 Å². The fourth-order valence-electron chi connectivity index (χ4n) is 0.732. The smallest absolute Gasteiger partial charge is 0.184 e. The van der Waals surface area contributed by atoms with E-state index in [1.165, 1.54) is 0 Å². The molecule has 0 aliphatic rings. The zero-order valence-electron chi connectivity index (χ0n) is 10.4. The van der Waals surface area contributed by atoms with Crippen LogP contribution in [0.25, 0.3) is 0 Å². The zero-order valence-corrected chi connectivity index (χ0v) is 12.4. The van der Waals surface area contributed by atoms with Crippen molar-refractivity contribution >= 4 is 16.6 Å². The van der Waals surface area contributed by atoms with Crippen LogP contribution in [-0.4, -0.2) is 29.8 Å². The molecule has 0 aromatic carbocycles. The minimum Gasteiger partial charge on any atom is -0.414 e. The van der Waals surface area contributed by atoms with Crippen LogP contribution in [-0.2, 0) is 8.85 Å². The Morgan fingerprint density at radius 1 is 0.714 bits per heavy atom. The summed E-state index contributed by atoms with van der Waals surface area (Å²) in [5.41, 5.74) is 0. The molecule has 14 heavy (non-hydrogen) atoms. The first-order valence-electron chi connectivity index (χ1n) is 5.14. The summed E-state index contributed by atoms with van der Waals surface area (Å²) in [6.07, 6.45) is 4.11. The normalized spacial score (nSPS) is 13.9. The largest absolute Gasteiger partial charge is 0.414 e. The van der Waals surface area contributed by atoms with Crippen molar-refractivity contribution in [2.45, 2.75) is 39.3 Å². The summed E-state index contributed by atoms with van der Waals surface area (Å²) in [4.78, 5) is 0. The van der Waals surface area contributed by atoms with Crippen LogP contribution in [0, 0.1) is 0 Å². The van der Waals surface area contributed by atoms with Gasteiger partial charge in [0.1, 0.15) is 0 Å². The molecule has 0 aromatic heterocycles. The van der Waals surface area contributed by atoms with E-state index in [1.807, 2.05) is 0 Å². The molecule has 0 amide bonds. The van der Waals surface area contributed by atoms with Crippen molar-refractivity contribution in [2.24, 2.45) is 0 Å². The average molecular weight is 232 g/mol. The highest BCUT2D eigenvalue weighted by Crippen LogP contribution is 2.03. The standard InChI is InChI=1S/C10H24O2Si2/c1-13(2,3)11-9-7-8-10-12-14(4,5)6/h7-8H,9-10H2,1-6H3. The Morgan fingerprint density at radius 3 is 1.21 bits per heavy atom. The molecule has 0 N–H and O–H groups in total. The molecule has 2 nitrogen and oxygen atoms in total. The minimum absolute atomic E-state index is 0.727. The highest BCUT2D eigenvalue weighted by Gasteiger charge is 2.13. The second-order valence-corrected chi connectivity index (χ2v) is 14.3. The van der Waals surface area contributed by atoms with Gasteiger partial charge in [-0.3, -0.25) is 0 Å². The van der Waals surface area contributed by atoms with Crippen LogP contribution >= 0.6 is 0 Å². The Hall–Kier alpha value is 0.0938. The van der Waals surface area contributed by atoms with Gasteiger partial charge in [-0.05, 0) is 39.3 Å². The molecule has 0 aliphatic carbocycles. The summed E-state index contributed by atoms with van der Waals surface area (Å²) >= 11 is 0. The van der Waals surface area contributed by atoms with Gasteiger partial charge in [0, 0.05) is 0 Å². The fraction of sp³-hybridized carbons (Fsp3) is 0.800. The molecule has 0 unspecified atom stereocenters. The van der Waals surface area contributed by atoms with Gasteiger partial charge < -0.3 is 8.85 Å². The van der Waals surface area contributed by atoms with Crippen molar-refractivity contribution in [2.75, 3.05) is 13.2 Å². The summed E-state index contributed by atoms with van der Waals surface area (Å²) in [7, 11) is -2.67. The van der Waals surface area contributed by atoms with Crippen molar-refractivity contribution in [3.05, 3.63) is 12.2 Å². The maximum absolute atomic E-state index is 5.67. The Bertz CT molecular complexity index is 158. The van der Waals surface area contributed by atoms with E-state index in [2.05, 4.69) is 51.4 Å². The lowest BCUT2D eigenvalue weighted by atomic mass is 10.5. The third-order valence-corrected chi connectivity index (χ3v) is 3.46. The van der Waals surface area contributed by atoms with Gasteiger partial charge in [-0.25, -0.2) is 0 Å². The van der Waals surface area contributed by atoms with Crippen LogP contribution in [0.15, 0.2) is 12.2 Å². The number of hydrogen-bond acceptors (Lipinski definition) is 2. The molecular formula is C10H24O2Si2. The maximum Gasteiger partial charge on any atom is 0.184 e. The van der Waals surface area contributed by atoms with Crippen LogP contribution in [0.3, 0.4) is 0 Å². The van der Waals surface area contributed by atoms with Crippen molar-refractivity contribution in [1.29, 1.82) is 0 Å². The van der Waals surface area contributed by atoms with E-state index in [-0.39, 0.29) is 0 Å². The molecular weight excluding hydrogens is 208 g/mol. The van der Waals surface area contributed by atoms with Crippen LogP contribution in [0.1, 0.15) is 0 Å². The summed E-state index contributed by atoms with van der Waals surface area (Å²) < 4.78 is 11.3. The molecule has 0 saturated heterocycles. The third kappa shape index (κ3) is 12.1. The second kappa shape index (κ2) is 5.85. The van der Waals surface area contributed by atoms with E-state index < -0.39 is 16.6 Å². The average Bonchev–Trinajstić information content (AvgIpc) is 1.92. The highest BCUT2D eigenvalue weighted by atomic mass is 28.4. The van der Waals surface area contributed by atoms with Gasteiger partial charge in [-0.15, -0.1) is 0 Å². The minimum atomic E-state index is -1.34. The lowest BCUT2D eigenvalue weighted by Gasteiger charge is -2.16. The number of hydrogen-bond donors (Lipinski definition) is 0. The van der Waals surface area contributed by atoms with E-state index >= 15 is 0 Å². The van der Waals surface area contributed by atoms with Crippen LogP contribution in [0.5, 0.6) is 0 Å². The molecule has 0 bridgehead atoms. The summed E-state index contributed by atoms with van der Waals surface area (Å²) in [5.74, 6) is 0. The summed E-state index contributed by atoms with van der Waals surface area (Å²) in [5, 5.41) is 0. The first-order chi connectivity index (χ1) is 6.21. The Kier molecular flexibility index (Phi) is 5.89. The van der Waals surface area contributed by atoms with E-state index in [0.717, 1.165) is 13.2 Å². The Balaban J connectivity index is 3.47. The van der Waals surface area contributed by atoms with Gasteiger partial charge >= 0.3 is 0 Å². The molecule has 0 radical (unpaired) electrons. The summed E-state index contributed by atoms with van der Waals surface area (Å²) in [6, 6.07) is 0. The first kappa shape index (κ1) is 14.1. The predicted octanol–water partition coefficient (Wildman–Crippen LogP) is 3.25. The van der Waals surface area contributed by atoms with Crippen LogP contribution < -0.4 is 0 Å².